The van der Waals surface area contributed by atoms with Gasteiger partial charge in [0, 0.05) is 19.3 Å². The van der Waals surface area contributed by atoms with Crippen LogP contribution in [0.15, 0.2) is 66.9 Å². The van der Waals surface area contributed by atoms with Crippen molar-refractivity contribution in [3.05, 3.63) is 78.0 Å². The van der Waals surface area contributed by atoms with Gasteiger partial charge in [-0.1, -0.05) is 6.07 Å². The van der Waals surface area contributed by atoms with Crippen LogP contribution in [0, 0.1) is 18.3 Å². The van der Waals surface area contributed by atoms with Crippen LogP contribution in [0.3, 0.4) is 0 Å². The Morgan fingerprint density at radius 2 is 1.76 bits per heavy atom. The Morgan fingerprint density at radius 3 is 2.48 bits per heavy atom. The molecule has 6 heteroatoms. The lowest BCUT2D eigenvalue weighted by molar-refractivity contribution is 0.475. The summed E-state index contributed by atoms with van der Waals surface area (Å²) in [6.45, 7) is 2.00. The molecule has 6 nitrogen and oxygen atoms in total. The van der Waals surface area contributed by atoms with Gasteiger partial charge in [0.2, 0.25) is 0 Å². The smallest absolute Gasteiger partial charge is 0.156 e. The minimum atomic E-state index is 0.227. The minimum absolute atomic E-state index is 0.227. The predicted molar refractivity (Wildman–Crippen MR) is 113 cm³/mol. The van der Waals surface area contributed by atoms with Gasteiger partial charge in [0.25, 0.3) is 0 Å². The number of hydrogen-bond donors (Lipinski definition) is 2. The topological polar surface area (TPSA) is 88.8 Å². The molecule has 0 aliphatic rings. The number of phenolic OH excluding ortho intramolecular Hbond substituents is 1. The fourth-order valence-corrected chi connectivity index (χ4v) is 3.22. The number of nitrogens with zero attached hydrogens (tertiary/aromatic N) is 4. The molecule has 0 bridgehead atoms. The quantitative estimate of drug-likeness (QED) is 0.530. The molecule has 2 N–H and O–H groups in total. The molecule has 4 aromatic rings. The molecule has 0 radical (unpaired) electrons. The zero-order chi connectivity index (χ0) is 20.4. The highest BCUT2D eigenvalue weighted by atomic mass is 16.3. The molecule has 0 unspecified atom stereocenters. The zero-order valence-corrected chi connectivity index (χ0v) is 16.1. The molecule has 2 aromatic heterocycles. The Kier molecular flexibility index (Phi) is 4.71. The number of nitrogens with one attached hydrogen (secondary N) is 1. The maximum absolute atomic E-state index is 9.46. The molecule has 4 rings (SSSR count). The van der Waals surface area contributed by atoms with Crippen molar-refractivity contribution in [3.8, 4) is 34.2 Å². The van der Waals surface area contributed by atoms with Crippen molar-refractivity contribution in [3.63, 3.8) is 0 Å². The Bertz CT molecular complexity index is 1200. The van der Waals surface area contributed by atoms with Gasteiger partial charge in [0.1, 0.15) is 11.6 Å². The molecule has 0 saturated carbocycles. The average molecular weight is 381 g/mol. The van der Waals surface area contributed by atoms with Gasteiger partial charge in [-0.2, -0.15) is 10.4 Å². The van der Waals surface area contributed by atoms with Gasteiger partial charge >= 0.3 is 0 Å². The molecule has 0 amide bonds. The van der Waals surface area contributed by atoms with Crippen molar-refractivity contribution in [1.29, 1.82) is 5.26 Å². The number of aromatic nitrogens is 3. The second kappa shape index (κ2) is 7.49. The number of aromatic amines is 1. The third-order valence-corrected chi connectivity index (χ3v) is 4.84. The van der Waals surface area contributed by atoms with Crippen LogP contribution in [0.5, 0.6) is 5.75 Å². The van der Waals surface area contributed by atoms with Gasteiger partial charge in [-0.25, -0.2) is 4.98 Å². The van der Waals surface area contributed by atoms with Crippen LogP contribution in [0.1, 0.15) is 11.1 Å². The third-order valence-electron chi connectivity index (χ3n) is 4.84. The van der Waals surface area contributed by atoms with Crippen molar-refractivity contribution in [1.82, 2.24) is 15.2 Å². The number of aromatic hydroxyl groups is 1. The van der Waals surface area contributed by atoms with Crippen LogP contribution in [0.2, 0.25) is 0 Å². The molecule has 0 aliphatic heterocycles. The van der Waals surface area contributed by atoms with Crippen LogP contribution in [0.25, 0.3) is 22.4 Å². The summed E-state index contributed by atoms with van der Waals surface area (Å²) in [6.07, 6.45) is 1.77. The number of hydrogen-bond acceptors (Lipinski definition) is 5. The van der Waals surface area contributed by atoms with Crippen molar-refractivity contribution >= 4 is 11.6 Å². The summed E-state index contributed by atoms with van der Waals surface area (Å²) < 4.78 is 0. The highest BCUT2D eigenvalue weighted by molar-refractivity contribution is 5.73. The third kappa shape index (κ3) is 3.66. The Balaban J connectivity index is 1.63. The van der Waals surface area contributed by atoms with E-state index in [0.29, 0.717) is 5.56 Å². The van der Waals surface area contributed by atoms with Gasteiger partial charge in [-0.05, 0) is 77.7 Å². The maximum Gasteiger partial charge on any atom is 0.156 e. The molecule has 2 aromatic carbocycles. The highest BCUT2D eigenvalue weighted by Gasteiger charge is 2.12. The Hall–Kier alpha value is -4.11. The lowest BCUT2D eigenvalue weighted by atomic mass is 9.99. The van der Waals surface area contributed by atoms with Crippen molar-refractivity contribution in [2.75, 3.05) is 11.9 Å². The molecule has 29 heavy (non-hydrogen) atoms. The lowest BCUT2D eigenvalue weighted by Gasteiger charge is -2.16. The maximum atomic E-state index is 9.46. The molecule has 0 fully saturated rings. The second-order valence-electron chi connectivity index (χ2n) is 6.79. The second-order valence-corrected chi connectivity index (χ2v) is 6.79. The van der Waals surface area contributed by atoms with Crippen molar-refractivity contribution in [2.45, 2.75) is 6.92 Å². The lowest BCUT2D eigenvalue weighted by Crippen LogP contribution is -2.11. The molecule has 2 heterocycles. The van der Waals surface area contributed by atoms with Crippen LogP contribution in [-0.4, -0.2) is 27.3 Å². The van der Waals surface area contributed by atoms with Crippen LogP contribution >= 0.6 is 0 Å². The van der Waals surface area contributed by atoms with E-state index < -0.39 is 0 Å². The van der Waals surface area contributed by atoms with Gasteiger partial charge in [-0.15, -0.1) is 0 Å². The summed E-state index contributed by atoms with van der Waals surface area (Å²) in [5, 5.41) is 26.0. The fourth-order valence-electron chi connectivity index (χ4n) is 3.22. The molecular weight excluding hydrogens is 362 g/mol. The average Bonchev–Trinajstić information content (AvgIpc) is 3.24. The predicted octanol–water partition coefficient (Wildman–Crippen LogP) is 4.79. The first-order valence-electron chi connectivity index (χ1n) is 9.11. The summed E-state index contributed by atoms with van der Waals surface area (Å²) in [5.41, 5.74) is 5.57. The van der Waals surface area contributed by atoms with E-state index in [1.54, 1.807) is 18.3 Å². The van der Waals surface area contributed by atoms with E-state index in [9.17, 15) is 5.11 Å². The van der Waals surface area contributed by atoms with E-state index in [1.807, 2.05) is 67.4 Å². The first-order valence-corrected chi connectivity index (χ1v) is 9.11. The molecule has 0 saturated heterocycles. The van der Waals surface area contributed by atoms with E-state index in [2.05, 4.69) is 21.3 Å². The molecule has 0 aliphatic carbocycles. The van der Waals surface area contributed by atoms with Crippen molar-refractivity contribution in [2.24, 2.45) is 0 Å². The Morgan fingerprint density at radius 1 is 0.966 bits per heavy atom. The standard InChI is InChI=1S/C23H19N5O/c1-15-11-16(14-24)3-8-20(15)18-9-10-25-22(12-18)28(2)23-13-21(26-27-23)17-4-6-19(29)7-5-17/h3-13,29H,1-2H3,(H,26,27). The van der Waals surface area contributed by atoms with Crippen LogP contribution in [0.4, 0.5) is 11.6 Å². The summed E-state index contributed by atoms with van der Waals surface area (Å²) in [6, 6.07) is 20.7. The zero-order valence-electron chi connectivity index (χ0n) is 16.1. The molecular formula is C23H19N5O. The number of H-pyrrole nitrogens is 1. The number of benzene rings is 2. The van der Waals surface area contributed by atoms with Gasteiger partial charge in [0.05, 0.1) is 17.3 Å². The fraction of sp³-hybridized carbons (Fsp3) is 0.0870. The molecule has 142 valence electrons. The SMILES string of the molecule is Cc1cc(C#N)ccc1-c1ccnc(N(C)c2cc(-c3ccc(O)cc3)[nH]n2)c1. The number of phenols is 1. The summed E-state index contributed by atoms with van der Waals surface area (Å²) in [5.74, 6) is 1.72. The van der Waals surface area contributed by atoms with E-state index in [-0.39, 0.29) is 5.75 Å². The van der Waals surface area contributed by atoms with E-state index in [0.717, 1.165) is 39.6 Å². The molecule has 0 spiro atoms. The summed E-state index contributed by atoms with van der Waals surface area (Å²) in [4.78, 5) is 6.39. The molecule has 0 atom stereocenters. The number of rotatable bonds is 4. The first-order chi connectivity index (χ1) is 14.0. The largest absolute Gasteiger partial charge is 0.508 e. The number of aryl methyl sites for hydroxylation is 1. The summed E-state index contributed by atoms with van der Waals surface area (Å²) in [7, 11) is 1.91. The van der Waals surface area contributed by atoms with Crippen molar-refractivity contribution < 1.29 is 5.11 Å². The van der Waals surface area contributed by atoms with E-state index in [1.165, 1.54) is 0 Å². The van der Waals surface area contributed by atoms with Gasteiger partial charge in [-0.3, -0.25) is 5.10 Å². The van der Waals surface area contributed by atoms with Crippen LogP contribution in [-0.2, 0) is 0 Å². The highest BCUT2D eigenvalue weighted by Crippen LogP contribution is 2.30. The van der Waals surface area contributed by atoms with Crippen LogP contribution < -0.4 is 4.90 Å². The number of anilines is 2. The summed E-state index contributed by atoms with van der Waals surface area (Å²) >= 11 is 0. The van der Waals surface area contributed by atoms with E-state index >= 15 is 0 Å². The van der Waals surface area contributed by atoms with E-state index in [4.69, 9.17) is 5.26 Å². The Labute approximate surface area is 168 Å². The number of pyridine rings is 1. The minimum Gasteiger partial charge on any atom is -0.508 e. The monoisotopic (exact) mass is 381 g/mol. The van der Waals surface area contributed by atoms with Gasteiger partial charge < -0.3 is 10.0 Å². The van der Waals surface area contributed by atoms with Gasteiger partial charge in [0.15, 0.2) is 5.82 Å². The normalized spacial score (nSPS) is 10.5. The first kappa shape index (κ1) is 18.3. The number of nitriles is 1.